The van der Waals surface area contributed by atoms with Crippen molar-refractivity contribution in [2.24, 2.45) is 5.84 Å². The molecule has 2 rings (SSSR count). The van der Waals surface area contributed by atoms with Crippen molar-refractivity contribution in [3.8, 4) is 0 Å². The van der Waals surface area contributed by atoms with Crippen molar-refractivity contribution < 1.29 is 17.5 Å². The Morgan fingerprint density at radius 1 is 1.28 bits per heavy atom. The van der Waals surface area contributed by atoms with Crippen LogP contribution in [0.2, 0.25) is 0 Å². The smallest absolute Gasteiger partial charge is 0.294 e. The first-order valence-electron chi connectivity index (χ1n) is 4.19. The number of aromatic amines is 1. The van der Waals surface area contributed by atoms with Crippen molar-refractivity contribution in [2.75, 3.05) is 5.43 Å². The van der Waals surface area contributed by atoms with Crippen LogP contribution in [0.5, 0.6) is 0 Å². The largest absolute Gasteiger partial charge is 0.394 e. The fraction of sp³-hybridized carbons (Fsp3) is 0. The van der Waals surface area contributed by atoms with Crippen LogP contribution in [0.15, 0.2) is 17.2 Å². The third kappa shape index (κ3) is 4.38. The maximum Gasteiger partial charge on any atom is 0.394 e. The summed E-state index contributed by atoms with van der Waals surface area (Å²) in [7, 11) is -4.67. The van der Waals surface area contributed by atoms with Gasteiger partial charge in [-0.3, -0.25) is 24.3 Å². The highest BCUT2D eigenvalue weighted by molar-refractivity contribution is 7.79. The SMILES string of the molecule is NNc1nc2nccnc2c(=O)[nH]1.O=S(=O)(O)O. The van der Waals surface area contributed by atoms with E-state index in [1.807, 2.05) is 0 Å². The zero-order valence-electron chi connectivity index (χ0n) is 8.60. The lowest BCUT2D eigenvalue weighted by atomic mass is 10.5. The summed E-state index contributed by atoms with van der Waals surface area (Å²) < 4.78 is 31.6. The highest BCUT2D eigenvalue weighted by Crippen LogP contribution is 1.99. The molecule has 0 atom stereocenters. The highest BCUT2D eigenvalue weighted by Gasteiger charge is 2.03. The molecule has 0 fully saturated rings. The molecule has 11 nitrogen and oxygen atoms in total. The Kier molecular flexibility index (Phi) is 4.22. The first kappa shape index (κ1) is 13.9. The Labute approximate surface area is 99.7 Å². The van der Waals surface area contributed by atoms with Crippen LogP contribution in [0.25, 0.3) is 11.2 Å². The second kappa shape index (κ2) is 5.46. The van der Waals surface area contributed by atoms with Crippen LogP contribution in [0.4, 0.5) is 5.95 Å². The summed E-state index contributed by atoms with van der Waals surface area (Å²) in [6.45, 7) is 0. The van der Waals surface area contributed by atoms with E-state index < -0.39 is 10.4 Å². The van der Waals surface area contributed by atoms with Gasteiger partial charge in [0.05, 0.1) is 0 Å². The van der Waals surface area contributed by atoms with Crippen molar-refractivity contribution in [3.05, 3.63) is 22.7 Å². The summed E-state index contributed by atoms with van der Waals surface area (Å²) >= 11 is 0. The predicted molar refractivity (Wildman–Crippen MR) is 59.9 cm³/mol. The zero-order chi connectivity index (χ0) is 13.8. The average Bonchev–Trinajstić information content (AvgIpc) is 2.26. The van der Waals surface area contributed by atoms with Gasteiger partial charge in [-0.1, -0.05) is 0 Å². The molecule has 6 N–H and O–H groups in total. The minimum absolute atomic E-state index is 0.165. The molecule has 0 aliphatic heterocycles. The molecule has 2 aromatic rings. The van der Waals surface area contributed by atoms with Gasteiger partial charge in [0.25, 0.3) is 5.56 Å². The maximum absolute atomic E-state index is 11.3. The molecule has 12 heteroatoms. The lowest BCUT2D eigenvalue weighted by Crippen LogP contribution is -2.17. The van der Waals surface area contributed by atoms with Crippen LogP contribution >= 0.6 is 0 Å². The quantitative estimate of drug-likeness (QED) is 0.229. The van der Waals surface area contributed by atoms with Gasteiger partial charge >= 0.3 is 10.4 Å². The van der Waals surface area contributed by atoms with E-state index in [4.69, 9.17) is 23.4 Å². The van der Waals surface area contributed by atoms with E-state index in [-0.39, 0.29) is 22.7 Å². The number of fused-ring (bicyclic) bond motifs is 1. The molecule has 2 aromatic heterocycles. The molecule has 18 heavy (non-hydrogen) atoms. The lowest BCUT2D eigenvalue weighted by molar-refractivity contribution is 0.381. The number of nitrogens with one attached hydrogen (secondary N) is 2. The van der Waals surface area contributed by atoms with Crippen molar-refractivity contribution in [2.45, 2.75) is 0 Å². The number of hydrogen-bond donors (Lipinski definition) is 5. The topological polar surface area (TPSA) is 184 Å². The first-order chi connectivity index (χ1) is 8.31. The summed E-state index contributed by atoms with van der Waals surface area (Å²) in [4.78, 5) is 25.2. The molecular formula is C6H8N6O5S. The molecule has 0 aliphatic rings. The van der Waals surface area contributed by atoms with Crippen molar-refractivity contribution in [1.29, 1.82) is 0 Å². The third-order valence-electron chi connectivity index (χ3n) is 1.48. The summed E-state index contributed by atoms with van der Waals surface area (Å²) in [6, 6.07) is 0. The number of hydrogen-bond acceptors (Lipinski definition) is 8. The number of H-pyrrole nitrogens is 1. The van der Waals surface area contributed by atoms with Crippen LogP contribution in [-0.4, -0.2) is 37.5 Å². The molecule has 0 saturated carbocycles. The Bertz CT molecular complexity index is 689. The molecule has 0 bridgehead atoms. The number of hydrazine groups is 1. The fourth-order valence-corrected chi connectivity index (χ4v) is 0.942. The predicted octanol–water partition coefficient (Wildman–Crippen LogP) is -1.65. The van der Waals surface area contributed by atoms with Gasteiger partial charge in [0.15, 0.2) is 11.2 Å². The van der Waals surface area contributed by atoms with Crippen LogP contribution in [-0.2, 0) is 10.4 Å². The molecule has 0 spiro atoms. The van der Waals surface area contributed by atoms with Gasteiger partial charge in [0, 0.05) is 12.4 Å². The van der Waals surface area contributed by atoms with Crippen LogP contribution in [0, 0.1) is 0 Å². The minimum Gasteiger partial charge on any atom is -0.294 e. The van der Waals surface area contributed by atoms with Gasteiger partial charge in [-0.05, 0) is 0 Å². The monoisotopic (exact) mass is 276 g/mol. The van der Waals surface area contributed by atoms with E-state index in [1.165, 1.54) is 12.4 Å². The molecule has 2 heterocycles. The van der Waals surface area contributed by atoms with Gasteiger partial charge in [-0.15, -0.1) is 0 Å². The van der Waals surface area contributed by atoms with Crippen LogP contribution < -0.4 is 16.8 Å². The molecule has 0 aliphatic carbocycles. The normalized spacial score (nSPS) is 10.6. The Balaban J connectivity index is 0.000000280. The number of rotatable bonds is 1. The summed E-state index contributed by atoms with van der Waals surface area (Å²) in [5, 5.41) is 0. The number of nitrogens with two attached hydrogens (primary N) is 1. The molecule has 0 radical (unpaired) electrons. The maximum atomic E-state index is 11.3. The third-order valence-corrected chi connectivity index (χ3v) is 1.48. The minimum atomic E-state index is -4.67. The lowest BCUT2D eigenvalue weighted by Gasteiger charge is -1.98. The van der Waals surface area contributed by atoms with Crippen molar-refractivity contribution in [3.63, 3.8) is 0 Å². The fourth-order valence-electron chi connectivity index (χ4n) is 0.942. The zero-order valence-corrected chi connectivity index (χ0v) is 9.42. The van der Waals surface area contributed by atoms with Gasteiger partial charge < -0.3 is 0 Å². The van der Waals surface area contributed by atoms with Gasteiger partial charge in [0.1, 0.15) is 0 Å². The second-order valence-electron chi connectivity index (χ2n) is 2.74. The van der Waals surface area contributed by atoms with Crippen LogP contribution in [0.1, 0.15) is 0 Å². The van der Waals surface area contributed by atoms with Crippen molar-refractivity contribution >= 4 is 27.5 Å². The molecular weight excluding hydrogens is 268 g/mol. The Hall–Kier alpha value is -2.15. The molecule has 0 saturated heterocycles. The summed E-state index contributed by atoms with van der Waals surface area (Å²) in [6.07, 6.45) is 2.88. The number of aromatic nitrogens is 4. The van der Waals surface area contributed by atoms with E-state index in [9.17, 15) is 4.79 Å². The van der Waals surface area contributed by atoms with Gasteiger partial charge in [-0.2, -0.15) is 13.4 Å². The van der Waals surface area contributed by atoms with E-state index in [1.54, 1.807) is 0 Å². The number of nitrogens with zero attached hydrogens (tertiary/aromatic N) is 3. The van der Waals surface area contributed by atoms with Gasteiger partial charge in [0.2, 0.25) is 5.95 Å². The summed E-state index contributed by atoms with van der Waals surface area (Å²) in [5.41, 5.74) is 2.32. The molecule has 0 amide bonds. The van der Waals surface area contributed by atoms with Crippen molar-refractivity contribution in [1.82, 2.24) is 19.9 Å². The van der Waals surface area contributed by atoms with E-state index in [0.29, 0.717) is 0 Å². The van der Waals surface area contributed by atoms with Crippen LogP contribution in [0.3, 0.4) is 0 Å². The van der Waals surface area contributed by atoms with E-state index in [0.717, 1.165) is 0 Å². The molecule has 98 valence electrons. The highest BCUT2D eigenvalue weighted by atomic mass is 32.3. The first-order valence-corrected chi connectivity index (χ1v) is 5.58. The average molecular weight is 276 g/mol. The Morgan fingerprint density at radius 3 is 2.39 bits per heavy atom. The number of nitrogen functional groups attached to an aromatic ring is 1. The van der Waals surface area contributed by atoms with Gasteiger partial charge in [-0.25, -0.2) is 15.8 Å². The summed E-state index contributed by atoms with van der Waals surface area (Å²) in [5.74, 6) is 5.24. The van der Waals surface area contributed by atoms with E-state index in [2.05, 4.69) is 25.4 Å². The molecule has 0 unspecified atom stereocenters. The Morgan fingerprint density at radius 2 is 1.83 bits per heavy atom. The molecule has 0 aromatic carbocycles. The standard InChI is InChI=1S/C6H6N6O.H2O4S/c7-12-6-10-4-3(5(13)11-6)8-1-2-9-4;1-5(2,3)4/h1-2H,7H2,(H2,9,10,11,12,13);(H2,1,2,3,4). The van der Waals surface area contributed by atoms with E-state index >= 15 is 0 Å². The second-order valence-corrected chi connectivity index (χ2v) is 3.63. The number of anilines is 1.